The minimum atomic E-state index is 0.227. The molecule has 15 heavy (non-hydrogen) atoms. The number of nitrogens with zero attached hydrogens (tertiary/aromatic N) is 1. The van der Waals surface area contributed by atoms with E-state index in [4.69, 9.17) is 0 Å². The van der Waals surface area contributed by atoms with Crippen molar-refractivity contribution in [2.45, 2.75) is 41.5 Å². The largest absolute Gasteiger partial charge is 0.381 e. The van der Waals surface area contributed by atoms with Gasteiger partial charge in [0.25, 0.3) is 0 Å². The lowest BCUT2D eigenvalue weighted by Crippen LogP contribution is -2.18. The van der Waals surface area contributed by atoms with Crippen molar-refractivity contribution in [1.29, 1.82) is 0 Å². The normalized spacial score (nSPS) is 14.7. The zero-order chi connectivity index (χ0) is 12.2. The Balaban J connectivity index is 5.13. The van der Waals surface area contributed by atoms with Gasteiger partial charge >= 0.3 is 0 Å². The molecule has 0 saturated heterocycles. The highest BCUT2D eigenvalue weighted by molar-refractivity contribution is 5.28. The molecule has 0 fully saturated rings. The van der Waals surface area contributed by atoms with E-state index in [9.17, 15) is 0 Å². The van der Waals surface area contributed by atoms with E-state index in [-0.39, 0.29) is 5.41 Å². The van der Waals surface area contributed by atoms with Gasteiger partial charge in [-0.25, -0.2) is 0 Å². The Kier molecular flexibility index (Phi) is 5.13. The first-order valence-corrected chi connectivity index (χ1v) is 5.75. The average Bonchev–Trinajstić information content (AvgIpc) is 2.01. The molecule has 1 nitrogen and oxygen atoms in total. The van der Waals surface area contributed by atoms with Crippen molar-refractivity contribution in [3.63, 3.8) is 0 Å². The van der Waals surface area contributed by atoms with E-state index in [1.54, 1.807) is 0 Å². The van der Waals surface area contributed by atoms with Crippen molar-refractivity contribution < 1.29 is 0 Å². The maximum Gasteiger partial charge on any atom is 0.0156 e. The second-order valence-electron chi connectivity index (χ2n) is 5.61. The third-order valence-electron chi connectivity index (χ3n) is 2.59. The van der Waals surface area contributed by atoms with Crippen LogP contribution < -0.4 is 0 Å². The van der Waals surface area contributed by atoms with Crippen molar-refractivity contribution in [3.05, 3.63) is 23.4 Å². The van der Waals surface area contributed by atoms with Crippen LogP contribution in [0.1, 0.15) is 41.5 Å². The maximum absolute atomic E-state index is 2.32. The molecule has 88 valence electrons. The summed E-state index contributed by atoms with van der Waals surface area (Å²) >= 11 is 0. The van der Waals surface area contributed by atoms with Gasteiger partial charge in [0.05, 0.1) is 0 Å². The van der Waals surface area contributed by atoms with Crippen molar-refractivity contribution in [3.8, 4) is 0 Å². The Morgan fingerprint density at radius 1 is 1.13 bits per heavy atom. The summed E-state index contributed by atoms with van der Waals surface area (Å²) in [5.41, 5.74) is 3.02. The summed E-state index contributed by atoms with van der Waals surface area (Å²) in [5.74, 6) is 0.567. The molecule has 0 saturated carbocycles. The van der Waals surface area contributed by atoms with Crippen LogP contribution in [0.5, 0.6) is 0 Å². The zero-order valence-electron chi connectivity index (χ0n) is 11.7. The Morgan fingerprint density at radius 3 is 1.80 bits per heavy atom. The second-order valence-corrected chi connectivity index (χ2v) is 5.61. The number of allylic oxidation sites excluding steroid dienone is 4. The van der Waals surface area contributed by atoms with Crippen molar-refractivity contribution in [1.82, 2.24) is 4.90 Å². The van der Waals surface area contributed by atoms with Crippen LogP contribution in [0, 0.1) is 11.3 Å². The molecule has 0 radical (unpaired) electrons. The lowest BCUT2D eigenvalue weighted by Gasteiger charge is -2.26. The fraction of sp³-hybridized carbons (Fsp3) is 0.714. The highest BCUT2D eigenvalue weighted by Gasteiger charge is 2.16. The molecule has 1 heteroatoms. The predicted molar refractivity (Wildman–Crippen MR) is 69.8 cm³/mol. The molecule has 0 aliphatic carbocycles. The van der Waals surface area contributed by atoms with E-state index in [0.29, 0.717) is 5.92 Å². The molecule has 0 atom stereocenters. The molecule has 0 rings (SSSR count). The Bertz CT molecular complexity index is 239. The van der Waals surface area contributed by atoms with E-state index in [1.807, 2.05) is 0 Å². The van der Waals surface area contributed by atoms with Gasteiger partial charge in [0.1, 0.15) is 0 Å². The van der Waals surface area contributed by atoms with E-state index in [0.717, 1.165) is 0 Å². The van der Waals surface area contributed by atoms with Crippen LogP contribution in [-0.4, -0.2) is 19.0 Å². The first-order valence-electron chi connectivity index (χ1n) is 5.75. The van der Waals surface area contributed by atoms with Crippen molar-refractivity contribution in [2.24, 2.45) is 11.3 Å². The highest BCUT2D eigenvalue weighted by Crippen LogP contribution is 2.28. The summed E-state index contributed by atoms with van der Waals surface area (Å²) in [4.78, 5) is 2.21. The van der Waals surface area contributed by atoms with Gasteiger partial charge in [-0.1, -0.05) is 40.7 Å². The van der Waals surface area contributed by atoms with Gasteiger partial charge in [-0.2, -0.15) is 0 Å². The van der Waals surface area contributed by atoms with Crippen LogP contribution >= 0.6 is 0 Å². The number of hydrogen-bond donors (Lipinski definition) is 0. The van der Waals surface area contributed by atoms with Gasteiger partial charge in [0.2, 0.25) is 0 Å². The van der Waals surface area contributed by atoms with Gasteiger partial charge in [0, 0.05) is 19.8 Å². The lowest BCUT2D eigenvalue weighted by molar-refractivity contribution is 0.439. The summed E-state index contributed by atoms with van der Waals surface area (Å²) in [6.45, 7) is 13.4. The van der Waals surface area contributed by atoms with Crippen molar-refractivity contribution >= 4 is 0 Å². The van der Waals surface area contributed by atoms with E-state index in [1.165, 1.54) is 11.3 Å². The van der Waals surface area contributed by atoms with Gasteiger partial charge in [-0.15, -0.1) is 0 Å². The van der Waals surface area contributed by atoms with Crippen LogP contribution in [0.2, 0.25) is 0 Å². The molecule has 0 aromatic carbocycles. The molecular formula is C14H27N. The molecular weight excluding hydrogens is 182 g/mol. The van der Waals surface area contributed by atoms with Crippen LogP contribution in [0.4, 0.5) is 0 Å². The molecule has 0 bridgehead atoms. The van der Waals surface area contributed by atoms with Crippen LogP contribution in [0.25, 0.3) is 0 Å². The molecule has 0 unspecified atom stereocenters. The summed E-state index contributed by atoms with van der Waals surface area (Å²) in [6, 6.07) is 0. The zero-order valence-corrected chi connectivity index (χ0v) is 11.7. The molecule has 0 aliphatic rings. The SMILES string of the molecule is C/C=C(\C=C(/C(C)C)N(C)C)C(C)(C)C. The maximum atomic E-state index is 2.32. The molecule has 0 aromatic rings. The minimum Gasteiger partial charge on any atom is -0.381 e. The monoisotopic (exact) mass is 209 g/mol. The first kappa shape index (κ1) is 14.3. The number of rotatable bonds is 3. The van der Waals surface area contributed by atoms with Gasteiger partial charge in [-0.05, 0) is 29.9 Å². The molecule has 0 aromatic heterocycles. The van der Waals surface area contributed by atoms with E-state index >= 15 is 0 Å². The van der Waals surface area contributed by atoms with Crippen LogP contribution in [0.3, 0.4) is 0 Å². The molecule has 0 amide bonds. The third-order valence-corrected chi connectivity index (χ3v) is 2.59. The standard InChI is InChI=1S/C14H27N/c1-9-12(14(4,5)6)10-13(11(2)3)15(7)8/h9-11H,1-8H3/b12-9+,13-10+. The van der Waals surface area contributed by atoms with E-state index in [2.05, 4.69) is 72.7 Å². The minimum absolute atomic E-state index is 0.227. The van der Waals surface area contributed by atoms with Gasteiger partial charge in [0.15, 0.2) is 0 Å². The molecule has 0 heterocycles. The summed E-state index contributed by atoms with van der Waals surface area (Å²) in [6.07, 6.45) is 4.54. The third kappa shape index (κ3) is 4.55. The lowest BCUT2D eigenvalue weighted by atomic mass is 9.85. The summed E-state index contributed by atoms with van der Waals surface area (Å²) in [5, 5.41) is 0. The van der Waals surface area contributed by atoms with Gasteiger partial charge in [-0.3, -0.25) is 0 Å². The fourth-order valence-corrected chi connectivity index (χ4v) is 1.70. The summed E-state index contributed by atoms with van der Waals surface area (Å²) in [7, 11) is 4.23. The van der Waals surface area contributed by atoms with Crippen molar-refractivity contribution in [2.75, 3.05) is 14.1 Å². The molecule has 0 spiro atoms. The molecule has 0 N–H and O–H groups in total. The Labute approximate surface area is 95.9 Å². The second kappa shape index (κ2) is 5.39. The fourth-order valence-electron chi connectivity index (χ4n) is 1.70. The highest BCUT2D eigenvalue weighted by atomic mass is 15.1. The average molecular weight is 209 g/mol. The topological polar surface area (TPSA) is 3.24 Å². The number of hydrogen-bond acceptors (Lipinski definition) is 1. The smallest absolute Gasteiger partial charge is 0.0156 e. The Morgan fingerprint density at radius 2 is 1.60 bits per heavy atom. The first-order chi connectivity index (χ1) is 6.70. The van der Waals surface area contributed by atoms with Crippen LogP contribution in [0.15, 0.2) is 23.4 Å². The summed E-state index contributed by atoms with van der Waals surface area (Å²) < 4.78 is 0. The van der Waals surface area contributed by atoms with E-state index < -0.39 is 0 Å². The van der Waals surface area contributed by atoms with Crippen LogP contribution in [-0.2, 0) is 0 Å². The predicted octanol–water partition coefficient (Wildman–Crippen LogP) is 4.08. The van der Waals surface area contributed by atoms with Gasteiger partial charge < -0.3 is 4.90 Å². The quantitative estimate of drug-likeness (QED) is 0.633. The molecule has 0 aliphatic heterocycles. The Hall–Kier alpha value is -0.720.